The molecule has 0 radical (unpaired) electrons. The summed E-state index contributed by atoms with van der Waals surface area (Å²) in [6.45, 7) is 10.4. The Morgan fingerprint density at radius 1 is 0.864 bits per heavy atom. The van der Waals surface area contributed by atoms with Crippen LogP contribution in [0.3, 0.4) is 0 Å². The van der Waals surface area contributed by atoms with Crippen LogP contribution in [0.15, 0.2) is 0 Å². The second kappa shape index (κ2) is 16.4. The van der Waals surface area contributed by atoms with E-state index in [1.54, 1.807) is 0 Å². The predicted octanol–water partition coefficient (Wildman–Crippen LogP) is 4.57. The highest BCUT2D eigenvalue weighted by molar-refractivity contribution is 8.17. The van der Waals surface area contributed by atoms with Gasteiger partial charge >= 0.3 is 0 Å². The van der Waals surface area contributed by atoms with Crippen LogP contribution in [0.25, 0.3) is 0 Å². The van der Waals surface area contributed by atoms with E-state index < -0.39 is 0 Å². The zero-order chi connectivity index (χ0) is 16.6. The van der Waals surface area contributed by atoms with Crippen molar-refractivity contribution in [3.05, 3.63) is 0 Å². The molecule has 0 fully saturated rings. The smallest absolute Gasteiger partial charge is 0.105 e. The first-order valence-corrected chi connectivity index (χ1v) is 10.9. The molecule has 0 rings (SSSR count). The summed E-state index contributed by atoms with van der Waals surface area (Å²) in [4.78, 5) is 0. The van der Waals surface area contributed by atoms with Crippen molar-refractivity contribution in [1.82, 2.24) is 0 Å². The van der Waals surface area contributed by atoms with Gasteiger partial charge in [-0.15, -0.1) is 23.5 Å². The van der Waals surface area contributed by atoms with Crippen LogP contribution >= 0.6 is 23.5 Å². The fourth-order valence-corrected chi connectivity index (χ4v) is 4.89. The zero-order valence-corrected chi connectivity index (χ0v) is 16.5. The van der Waals surface area contributed by atoms with Gasteiger partial charge in [0.15, 0.2) is 0 Å². The number of hydrogen-bond acceptors (Lipinski definition) is 5. The molecule has 0 saturated carbocycles. The number of ether oxygens (including phenoxy) is 2. The largest absolute Gasteiger partial charge is 0.396 e. The lowest BCUT2D eigenvalue weighted by Gasteiger charge is -2.33. The van der Waals surface area contributed by atoms with Crippen molar-refractivity contribution in [1.29, 1.82) is 0 Å². The van der Waals surface area contributed by atoms with Gasteiger partial charge in [-0.1, -0.05) is 40.5 Å². The Kier molecular flexibility index (Phi) is 16.9. The highest BCUT2D eigenvalue weighted by atomic mass is 32.2. The van der Waals surface area contributed by atoms with E-state index in [4.69, 9.17) is 9.47 Å². The highest BCUT2D eigenvalue weighted by Gasteiger charge is 2.31. The number of hydrogen-bond donors (Lipinski definition) is 1. The lowest BCUT2D eigenvalue weighted by Crippen LogP contribution is -2.40. The molecular formula is C17H36O3S2. The van der Waals surface area contributed by atoms with Crippen molar-refractivity contribution >= 4 is 23.5 Å². The van der Waals surface area contributed by atoms with E-state index in [2.05, 4.69) is 27.7 Å². The van der Waals surface area contributed by atoms with Crippen molar-refractivity contribution in [3.8, 4) is 0 Å². The Hall–Kier alpha value is 0.580. The molecule has 0 saturated heterocycles. The molecule has 134 valence electrons. The summed E-state index contributed by atoms with van der Waals surface area (Å²) in [6, 6.07) is 0. The first kappa shape index (κ1) is 22.6. The molecule has 0 unspecified atom stereocenters. The molecule has 1 N–H and O–H groups in total. The van der Waals surface area contributed by atoms with E-state index >= 15 is 0 Å². The van der Waals surface area contributed by atoms with Crippen LogP contribution in [0.5, 0.6) is 0 Å². The summed E-state index contributed by atoms with van der Waals surface area (Å²) < 4.78 is 12.7. The SMILES string of the molecule is CCCCO[C@H](CCO)[C@@H](OCCCC)C(SCC)SCC. The van der Waals surface area contributed by atoms with E-state index in [1.165, 1.54) is 0 Å². The third-order valence-electron chi connectivity index (χ3n) is 3.35. The van der Waals surface area contributed by atoms with Crippen LogP contribution in [0.1, 0.15) is 59.8 Å². The van der Waals surface area contributed by atoms with Crippen molar-refractivity contribution in [2.45, 2.75) is 76.6 Å². The maximum atomic E-state index is 9.41. The van der Waals surface area contributed by atoms with Gasteiger partial charge in [-0.05, 0) is 30.8 Å². The summed E-state index contributed by atoms with van der Waals surface area (Å²) >= 11 is 3.87. The van der Waals surface area contributed by atoms with Gasteiger partial charge in [0.1, 0.15) is 6.10 Å². The third-order valence-corrected chi connectivity index (χ3v) is 6.02. The average molecular weight is 353 g/mol. The molecular weight excluding hydrogens is 316 g/mol. The van der Waals surface area contributed by atoms with E-state index in [9.17, 15) is 5.11 Å². The van der Waals surface area contributed by atoms with Crippen molar-refractivity contribution in [2.75, 3.05) is 31.3 Å². The maximum Gasteiger partial charge on any atom is 0.105 e. The molecule has 0 aromatic carbocycles. The molecule has 3 nitrogen and oxygen atoms in total. The normalized spacial score (nSPS) is 14.5. The number of thioether (sulfide) groups is 2. The van der Waals surface area contributed by atoms with Gasteiger partial charge in [0.25, 0.3) is 0 Å². The Balaban J connectivity index is 4.82. The Morgan fingerprint density at radius 3 is 1.86 bits per heavy atom. The van der Waals surface area contributed by atoms with E-state index in [-0.39, 0.29) is 18.8 Å². The van der Waals surface area contributed by atoms with Crippen LogP contribution < -0.4 is 0 Å². The molecule has 0 aliphatic heterocycles. The monoisotopic (exact) mass is 352 g/mol. The molecule has 0 amide bonds. The topological polar surface area (TPSA) is 38.7 Å². The minimum absolute atomic E-state index is 0.00324. The molecule has 0 aliphatic rings. The van der Waals surface area contributed by atoms with Crippen molar-refractivity contribution in [2.24, 2.45) is 0 Å². The molecule has 0 aromatic rings. The number of unbranched alkanes of at least 4 members (excludes halogenated alkanes) is 2. The van der Waals surface area contributed by atoms with Crippen LogP contribution in [-0.2, 0) is 9.47 Å². The fourth-order valence-electron chi connectivity index (χ4n) is 2.14. The maximum absolute atomic E-state index is 9.41. The van der Waals surface area contributed by atoms with Crippen LogP contribution in [0.4, 0.5) is 0 Å². The molecule has 0 bridgehead atoms. The Morgan fingerprint density at radius 2 is 1.41 bits per heavy atom. The lowest BCUT2D eigenvalue weighted by atomic mass is 10.1. The van der Waals surface area contributed by atoms with Crippen molar-refractivity contribution in [3.63, 3.8) is 0 Å². The molecule has 2 atom stereocenters. The van der Waals surface area contributed by atoms with Crippen molar-refractivity contribution < 1.29 is 14.6 Å². The summed E-state index contributed by atoms with van der Waals surface area (Å²) in [7, 11) is 0. The van der Waals surface area contributed by atoms with E-state index in [0.29, 0.717) is 11.0 Å². The second-order valence-electron chi connectivity index (χ2n) is 5.24. The highest BCUT2D eigenvalue weighted by Crippen LogP contribution is 2.32. The quantitative estimate of drug-likeness (QED) is 0.325. The first-order chi connectivity index (χ1) is 10.7. The average Bonchev–Trinajstić information content (AvgIpc) is 2.51. The molecule has 0 spiro atoms. The summed E-state index contributed by atoms with van der Waals surface area (Å²) in [5.74, 6) is 2.15. The summed E-state index contributed by atoms with van der Waals surface area (Å²) in [6.07, 6.45) is 5.13. The zero-order valence-electron chi connectivity index (χ0n) is 14.9. The molecule has 0 heterocycles. The van der Waals surface area contributed by atoms with Gasteiger partial charge in [0, 0.05) is 19.8 Å². The van der Waals surface area contributed by atoms with Gasteiger partial charge < -0.3 is 14.6 Å². The van der Waals surface area contributed by atoms with Gasteiger partial charge in [-0.2, -0.15) is 0 Å². The lowest BCUT2D eigenvalue weighted by molar-refractivity contribution is -0.0749. The van der Waals surface area contributed by atoms with Gasteiger partial charge in [-0.25, -0.2) is 0 Å². The Labute approximate surface area is 146 Å². The minimum atomic E-state index is -0.00324. The van der Waals surface area contributed by atoms with Crippen LogP contribution in [0.2, 0.25) is 0 Å². The Bertz CT molecular complexity index is 224. The number of rotatable bonds is 16. The number of aliphatic hydroxyl groups is 1. The van der Waals surface area contributed by atoms with Crippen LogP contribution in [-0.4, -0.2) is 53.2 Å². The second-order valence-corrected chi connectivity index (χ2v) is 8.38. The standard InChI is InChI=1S/C17H36O3S2/c1-5-9-13-19-15(11-12-18)16(20-14-10-6-2)17(21-7-3)22-8-4/h15-18H,5-14H2,1-4H3/t15-,16-/m1/s1. The van der Waals surface area contributed by atoms with E-state index in [0.717, 1.165) is 50.4 Å². The molecule has 0 aromatic heterocycles. The van der Waals surface area contributed by atoms with Gasteiger partial charge in [0.2, 0.25) is 0 Å². The summed E-state index contributed by atoms with van der Waals surface area (Å²) in [5, 5.41) is 9.41. The van der Waals surface area contributed by atoms with Gasteiger partial charge in [0.05, 0.1) is 10.7 Å². The van der Waals surface area contributed by atoms with Crippen LogP contribution in [0, 0.1) is 0 Å². The van der Waals surface area contributed by atoms with Gasteiger partial charge in [-0.3, -0.25) is 0 Å². The first-order valence-electron chi connectivity index (χ1n) is 8.82. The molecule has 22 heavy (non-hydrogen) atoms. The molecule has 0 aliphatic carbocycles. The predicted molar refractivity (Wildman–Crippen MR) is 101 cm³/mol. The minimum Gasteiger partial charge on any atom is -0.396 e. The number of aliphatic hydroxyl groups excluding tert-OH is 1. The molecule has 5 heteroatoms. The third kappa shape index (κ3) is 10.4. The summed E-state index contributed by atoms with van der Waals surface area (Å²) in [5.41, 5.74) is 0. The fraction of sp³-hybridized carbons (Fsp3) is 1.00. The van der Waals surface area contributed by atoms with E-state index in [1.807, 2.05) is 23.5 Å².